The van der Waals surface area contributed by atoms with Crippen molar-refractivity contribution in [3.05, 3.63) is 24.2 Å². The van der Waals surface area contributed by atoms with Crippen LogP contribution in [0, 0.1) is 5.92 Å². The van der Waals surface area contributed by atoms with E-state index in [1.54, 1.807) is 23.9 Å². The SMILES string of the molecule is CCSC(C(=O)NCC(O)c1ccco1)C(C)C. The quantitative estimate of drug-likeness (QED) is 0.798. The number of aliphatic hydroxyl groups is 1. The van der Waals surface area contributed by atoms with Crippen molar-refractivity contribution in [2.75, 3.05) is 12.3 Å². The van der Waals surface area contributed by atoms with E-state index < -0.39 is 6.10 Å². The summed E-state index contributed by atoms with van der Waals surface area (Å²) in [6.45, 7) is 6.26. The Labute approximate surface area is 112 Å². The van der Waals surface area contributed by atoms with E-state index in [9.17, 15) is 9.90 Å². The van der Waals surface area contributed by atoms with Crippen molar-refractivity contribution < 1.29 is 14.3 Å². The molecule has 0 spiro atoms. The van der Waals surface area contributed by atoms with Crippen molar-refractivity contribution in [2.24, 2.45) is 5.92 Å². The van der Waals surface area contributed by atoms with E-state index in [1.165, 1.54) is 6.26 Å². The third kappa shape index (κ3) is 4.38. The topological polar surface area (TPSA) is 62.5 Å². The molecule has 0 aromatic carbocycles. The van der Waals surface area contributed by atoms with Gasteiger partial charge in [0.15, 0.2) is 0 Å². The van der Waals surface area contributed by atoms with Crippen LogP contribution in [0.25, 0.3) is 0 Å². The van der Waals surface area contributed by atoms with E-state index >= 15 is 0 Å². The van der Waals surface area contributed by atoms with Crippen LogP contribution >= 0.6 is 11.8 Å². The molecule has 0 aliphatic heterocycles. The van der Waals surface area contributed by atoms with Gasteiger partial charge in [0.1, 0.15) is 11.9 Å². The maximum absolute atomic E-state index is 12.0. The molecule has 0 fully saturated rings. The fraction of sp³-hybridized carbons (Fsp3) is 0.615. The molecule has 18 heavy (non-hydrogen) atoms. The second-order valence-electron chi connectivity index (χ2n) is 4.40. The van der Waals surface area contributed by atoms with Gasteiger partial charge in [-0.25, -0.2) is 0 Å². The van der Waals surface area contributed by atoms with Gasteiger partial charge < -0.3 is 14.8 Å². The first-order chi connectivity index (χ1) is 8.56. The molecular formula is C13H21NO3S. The van der Waals surface area contributed by atoms with Crippen LogP contribution in [0.15, 0.2) is 22.8 Å². The van der Waals surface area contributed by atoms with Gasteiger partial charge in [0, 0.05) is 0 Å². The van der Waals surface area contributed by atoms with Crippen LogP contribution in [0.4, 0.5) is 0 Å². The molecule has 1 aromatic rings. The number of furan rings is 1. The number of hydrogen-bond acceptors (Lipinski definition) is 4. The molecular weight excluding hydrogens is 250 g/mol. The highest BCUT2D eigenvalue weighted by molar-refractivity contribution is 8.00. The summed E-state index contributed by atoms with van der Waals surface area (Å²) in [6, 6.07) is 3.40. The normalized spacial score (nSPS) is 14.5. The van der Waals surface area contributed by atoms with Gasteiger partial charge in [-0.15, -0.1) is 11.8 Å². The molecule has 0 bridgehead atoms. The molecule has 2 atom stereocenters. The number of thioether (sulfide) groups is 1. The molecule has 5 heteroatoms. The summed E-state index contributed by atoms with van der Waals surface area (Å²) in [5.41, 5.74) is 0. The van der Waals surface area contributed by atoms with Crippen LogP contribution in [0.3, 0.4) is 0 Å². The first-order valence-electron chi connectivity index (χ1n) is 6.17. The lowest BCUT2D eigenvalue weighted by molar-refractivity contribution is -0.121. The summed E-state index contributed by atoms with van der Waals surface area (Å²) in [6.07, 6.45) is 0.716. The highest BCUT2D eigenvalue weighted by Crippen LogP contribution is 2.19. The average Bonchev–Trinajstić information content (AvgIpc) is 2.85. The van der Waals surface area contributed by atoms with Crippen molar-refractivity contribution in [1.29, 1.82) is 0 Å². The van der Waals surface area contributed by atoms with Gasteiger partial charge in [-0.3, -0.25) is 4.79 Å². The fourth-order valence-electron chi connectivity index (χ4n) is 1.63. The Morgan fingerprint density at radius 2 is 2.28 bits per heavy atom. The van der Waals surface area contributed by atoms with Crippen LogP contribution in [-0.4, -0.2) is 28.6 Å². The summed E-state index contributed by atoms with van der Waals surface area (Å²) >= 11 is 1.62. The van der Waals surface area contributed by atoms with E-state index in [0.717, 1.165) is 5.75 Å². The Morgan fingerprint density at radius 3 is 2.78 bits per heavy atom. The molecule has 0 aliphatic carbocycles. The van der Waals surface area contributed by atoms with Gasteiger partial charge >= 0.3 is 0 Å². The highest BCUT2D eigenvalue weighted by atomic mass is 32.2. The van der Waals surface area contributed by atoms with Crippen molar-refractivity contribution in [1.82, 2.24) is 5.32 Å². The molecule has 2 N–H and O–H groups in total. The van der Waals surface area contributed by atoms with Gasteiger partial charge in [-0.1, -0.05) is 20.8 Å². The number of carbonyl (C=O) groups excluding carboxylic acids is 1. The van der Waals surface area contributed by atoms with Crippen molar-refractivity contribution in [3.63, 3.8) is 0 Å². The molecule has 1 amide bonds. The van der Waals surface area contributed by atoms with E-state index in [1.807, 2.05) is 20.8 Å². The summed E-state index contributed by atoms with van der Waals surface area (Å²) in [5, 5.41) is 12.5. The summed E-state index contributed by atoms with van der Waals surface area (Å²) in [5.74, 6) is 1.62. The van der Waals surface area contributed by atoms with Crippen molar-refractivity contribution in [2.45, 2.75) is 32.1 Å². The Balaban J connectivity index is 2.44. The van der Waals surface area contributed by atoms with Crippen molar-refractivity contribution in [3.8, 4) is 0 Å². The molecule has 0 aliphatic rings. The number of hydrogen-bond donors (Lipinski definition) is 2. The Kier molecular flexibility index (Phi) is 6.29. The zero-order chi connectivity index (χ0) is 13.5. The lowest BCUT2D eigenvalue weighted by Crippen LogP contribution is -2.38. The third-order valence-corrected chi connectivity index (χ3v) is 4.00. The summed E-state index contributed by atoms with van der Waals surface area (Å²) in [4.78, 5) is 12.0. The zero-order valence-electron chi connectivity index (χ0n) is 11.1. The maximum Gasteiger partial charge on any atom is 0.233 e. The first kappa shape index (κ1) is 15.1. The minimum Gasteiger partial charge on any atom is -0.467 e. The average molecular weight is 271 g/mol. The second kappa shape index (κ2) is 7.48. The Hall–Kier alpha value is -0.940. The predicted octanol–water partition coefficient (Wildman–Crippen LogP) is 2.21. The molecule has 2 unspecified atom stereocenters. The second-order valence-corrected chi connectivity index (χ2v) is 5.81. The highest BCUT2D eigenvalue weighted by Gasteiger charge is 2.22. The number of carbonyl (C=O) groups is 1. The van der Waals surface area contributed by atoms with Crippen LogP contribution in [0.5, 0.6) is 0 Å². The van der Waals surface area contributed by atoms with Crippen LogP contribution in [0.1, 0.15) is 32.6 Å². The minimum absolute atomic E-state index is 0.0255. The molecule has 0 saturated carbocycles. The number of amides is 1. The van der Waals surface area contributed by atoms with E-state index in [0.29, 0.717) is 5.76 Å². The molecule has 1 heterocycles. The molecule has 0 radical (unpaired) electrons. The lowest BCUT2D eigenvalue weighted by Gasteiger charge is -2.19. The van der Waals surface area contributed by atoms with Crippen LogP contribution in [0.2, 0.25) is 0 Å². The van der Waals surface area contributed by atoms with Crippen LogP contribution in [-0.2, 0) is 4.79 Å². The molecule has 1 rings (SSSR count). The zero-order valence-corrected chi connectivity index (χ0v) is 11.9. The van der Waals surface area contributed by atoms with Gasteiger partial charge in [-0.2, -0.15) is 0 Å². The number of rotatable bonds is 7. The summed E-state index contributed by atoms with van der Waals surface area (Å²) < 4.78 is 5.08. The van der Waals surface area contributed by atoms with Crippen LogP contribution < -0.4 is 5.32 Å². The lowest BCUT2D eigenvalue weighted by atomic mass is 10.1. The Morgan fingerprint density at radius 1 is 1.56 bits per heavy atom. The molecule has 1 aromatic heterocycles. The van der Waals surface area contributed by atoms with E-state index in [4.69, 9.17) is 4.42 Å². The molecule has 4 nitrogen and oxygen atoms in total. The predicted molar refractivity (Wildman–Crippen MR) is 73.4 cm³/mol. The van der Waals surface area contributed by atoms with Gasteiger partial charge in [-0.05, 0) is 23.8 Å². The van der Waals surface area contributed by atoms with Gasteiger partial charge in [0.2, 0.25) is 5.91 Å². The fourth-order valence-corrected chi connectivity index (χ4v) is 2.61. The minimum atomic E-state index is -0.789. The smallest absolute Gasteiger partial charge is 0.233 e. The maximum atomic E-state index is 12.0. The van der Waals surface area contributed by atoms with Crippen molar-refractivity contribution >= 4 is 17.7 Å². The number of aliphatic hydroxyl groups excluding tert-OH is 1. The number of nitrogens with one attached hydrogen (secondary N) is 1. The van der Waals surface area contributed by atoms with E-state index in [-0.39, 0.29) is 23.6 Å². The van der Waals surface area contributed by atoms with Gasteiger partial charge in [0.05, 0.1) is 18.1 Å². The third-order valence-electron chi connectivity index (χ3n) is 2.55. The Bertz CT molecular complexity index is 351. The first-order valence-corrected chi connectivity index (χ1v) is 7.21. The van der Waals surface area contributed by atoms with E-state index in [2.05, 4.69) is 5.32 Å². The molecule has 0 saturated heterocycles. The summed E-state index contributed by atoms with van der Waals surface area (Å²) in [7, 11) is 0. The molecule has 102 valence electrons. The monoisotopic (exact) mass is 271 g/mol. The largest absolute Gasteiger partial charge is 0.467 e. The van der Waals surface area contributed by atoms with Gasteiger partial charge in [0.25, 0.3) is 0 Å². The standard InChI is InChI=1S/C13H21NO3S/c1-4-18-12(9(2)3)13(16)14-8-10(15)11-6-5-7-17-11/h5-7,9-10,12,15H,4,8H2,1-3H3,(H,14,16).